The van der Waals surface area contributed by atoms with E-state index in [4.69, 9.17) is 5.11 Å². The lowest BCUT2D eigenvalue weighted by Crippen LogP contribution is -2.39. The molecule has 1 fully saturated rings. The van der Waals surface area contributed by atoms with E-state index < -0.39 is 5.97 Å². The molecule has 1 N–H and O–H groups in total. The quantitative estimate of drug-likeness (QED) is 0.920. The number of carboxylic acid groups (broad SMARTS) is 1. The van der Waals surface area contributed by atoms with Gasteiger partial charge in [0.1, 0.15) is 5.82 Å². The summed E-state index contributed by atoms with van der Waals surface area (Å²) in [5.74, 6) is 0.719. The van der Waals surface area contributed by atoms with E-state index in [0.29, 0.717) is 31.5 Å². The summed E-state index contributed by atoms with van der Waals surface area (Å²) in [4.78, 5) is 18.3. The van der Waals surface area contributed by atoms with Gasteiger partial charge in [-0.3, -0.25) is 9.69 Å². The second-order valence-corrected chi connectivity index (χ2v) is 6.48. The number of carbonyl (C=O) groups is 1. The maximum absolute atomic E-state index is 11.1. The minimum atomic E-state index is -0.715. The second-order valence-electron chi connectivity index (χ2n) is 6.48. The van der Waals surface area contributed by atoms with E-state index in [1.165, 1.54) is 12.8 Å². The fourth-order valence-corrected chi connectivity index (χ4v) is 3.53. The molecule has 0 bridgehead atoms. The van der Waals surface area contributed by atoms with Crippen LogP contribution in [0.2, 0.25) is 0 Å². The minimum Gasteiger partial charge on any atom is -0.481 e. The van der Waals surface area contributed by atoms with Gasteiger partial charge in [-0.15, -0.1) is 0 Å². The van der Waals surface area contributed by atoms with Crippen LogP contribution in [0.4, 0.5) is 0 Å². The zero-order valence-corrected chi connectivity index (χ0v) is 12.8. The average Bonchev–Trinajstić information content (AvgIpc) is 2.89. The first-order valence-corrected chi connectivity index (χ1v) is 7.98. The van der Waals surface area contributed by atoms with Gasteiger partial charge >= 0.3 is 5.97 Å². The van der Waals surface area contributed by atoms with E-state index in [0.717, 1.165) is 24.6 Å². The Morgan fingerprint density at radius 3 is 2.81 bits per heavy atom. The third kappa shape index (κ3) is 2.81. The third-order valence-corrected chi connectivity index (χ3v) is 4.74. The molecular formula is C15H24N4O2. The Morgan fingerprint density at radius 1 is 1.29 bits per heavy atom. The molecule has 2 aliphatic heterocycles. The van der Waals surface area contributed by atoms with Crippen molar-refractivity contribution in [2.45, 2.75) is 64.6 Å². The normalized spacial score (nSPS) is 26.8. The van der Waals surface area contributed by atoms with Crippen molar-refractivity contribution in [3.05, 3.63) is 11.6 Å². The monoisotopic (exact) mass is 292 g/mol. The van der Waals surface area contributed by atoms with E-state index >= 15 is 0 Å². The number of rotatable bonds is 3. The molecular weight excluding hydrogens is 268 g/mol. The lowest BCUT2D eigenvalue weighted by molar-refractivity contribution is -0.142. The van der Waals surface area contributed by atoms with Crippen molar-refractivity contribution in [3.63, 3.8) is 0 Å². The van der Waals surface area contributed by atoms with Crippen LogP contribution in [-0.2, 0) is 17.8 Å². The standard InChI is InChI=1S/C15H24N4O2/c1-10(2)18-7-4-3-5-12(18)14-16-13-9-11(15(20)21)6-8-19(13)17-14/h10-12H,3-9H2,1-2H3,(H,20,21). The highest BCUT2D eigenvalue weighted by atomic mass is 16.4. The average molecular weight is 292 g/mol. The molecule has 0 radical (unpaired) electrons. The molecule has 1 aromatic rings. The lowest BCUT2D eigenvalue weighted by Gasteiger charge is -2.36. The molecule has 2 atom stereocenters. The molecule has 0 aliphatic carbocycles. The van der Waals surface area contributed by atoms with E-state index in [-0.39, 0.29) is 5.92 Å². The molecule has 116 valence electrons. The summed E-state index contributed by atoms with van der Waals surface area (Å²) in [6.07, 6.45) is 4.73. The zero-order valence-electron chi connectivity index (χ0n) is 12.8. The number of hydrogen-bond donors (Lipinski definition) is 1. The molecule has 0 amide bonds. The van der Waals surface area contributed by atoms with E-state index in [9.17, 15) is 4.79 Å². The van der Waals surface area contributed by atoms with Crippen molar-refractivity contribution >= 4 is 5.97 Å². The largest absolute Gasteiger partial charge is 0.481 e. The van der Waals surface area contributed by atoms with Crippen LogP contribution < -0.4 is 0 Å². The van der Waals surface area contributed by atoms with Gasteiger partial charge in [-0.1, -0.05) is 6.42 Å². The highest BCUT2D eigenvalue weighted by molar-refractivity contribution is 5.70. The summed E-state index contributed by atoms with van der Waals surface area (Å²) in [6, 6.07) is 0.780. The van der Waals surface area contributed by atoms with Crippen molar-refractivity contribution in [1.82, 2.24) is 19.7 Å². The number of piperidine rings is 1. The number of hydrogen-bond acceptors (Lipinski definition) is 4. The molecule has 3 rings (SSSR count). The Labute approximate surface area is 125 Å². The summed E-state index contributed by atoms with van der Waals surface area (Å²) in [7, 11) is 0. The maximum atomic E-state index is 11.1. The zero-order chi connectivity index (χ0) is 15.0. The van der Waals surface area contributed by atoms with Gasteiger partial charge < -0.3 is 5.11 Å². The first kappa shape index (κ1) is 14.5. The molecule has 6 heteroatoms. The van der Waals surface area contributed by atoms with Gasteiger partial charge in [0.2, 0.25) is 0 Å². The topological polar surface area (TPSA) is 71.2 Å². The molecule has 1 saturated heterocycles. The third-order valence-electron chi connectivity index (χ3n) is 4.74. The molecule has 2 unspecified atom stereocenters. The Balaban J connectivity index is 1.82. The van der Waals surface area contributed by atoms with Gasteiger partial charge in [0.05, 0.1) is 12.0 Å². The van der Waals surface area contributed by atoms with Gasteiger partial charge in [-0.25, -0.2) is 9.67 Å². The van der Waals surface area contributed by atoms with Crippen LogP contribution in [-0.4, -0.2) is 43.3 Å². The summed E-state index contributed by atoms with van der Waals surface area (Å²) < 4.78 is 1.92. The molecule has 21 heavy (non-hydrogen) atoms. The Hall–Kier alpha value is -1.43. The van der Waals surface area contributed by atoms with Crippen molar-refractivity contribution in [2.75, 3.05) is 6.54 Å². The highest BCUT2D eigenvalue weighted by Crippen LogP contribution is 2.31. The summed E-state index contributed by atoms with van der Waals surface area (Å²) in [5, 5.41) is 13.8. The van der Waals surface area contributed by atoms with Crippen molar-refractivity contribution in [3.8, 4) is 0 Å². The molecule has 0 saturated carbocycles. The lowest BCUT2D eigenvalue weighted by atomic mass is 9.98. The smallest absolute Gasteiger partial charge is 0.307 e. The maximum Gasteiger partial charge on any atom is 0.307 e. The predicted molar refractivity (Wildman–Crippen MR) is 77.9 cm³/mol. The van der Waals surface area contributed by atoms with Crippen LogP contribution in [0.15, 0.2) is 0 Å². The number of aromatic nitrogens is 3. The van der Waals surface area contributed by atoms with Crippen molar-refractivity contribution in [1.29, 1.82) is 0 Å². The van der Waals surface area contributed by atoms with E-state index in [1.54, 1.807) is 0 Å². The Bertz CT molecular complexity index is 526. The fourth-order valence-electron chi connectivity index (χ4n) is 3.53. The number of aliphatic carboxylic acids is 1. The van der Waals surface area contributed by atoms with E-state index in [1.807, 2.05) is 4.68 Å². The molecule has 0 spiro atoms. The number of nitrogens with zero attached hydrogens (tertiary/aromatic N) is 4. The van der Waals surface area contributed by atoms with Gasteiger partial charge in [0.15, 0.2) is 5.82 Å². The van der Waals surface area contributed by atoms with Crippen molar-refractivity contribution < 1.29 is 9.90 Å². The fraction of sp³-hybridized carbons (Fsp3) is 0.800. The molecule has 6 nitrogen and oxygen atoms in total. The van der Waals surface area contributed by atoms with Crippen LogP contribution in [0, 0.1) is 5.92 Å². The summed E-state index contributed by atoms with van der Waals surface area (Å²) >= 11 is 0. The minimum absolute atomic E-state index is 0.292. The number of likely N-dealkylation sites (tertiary alicyclic amines) is 1. The van der Waals surface area contributed by atoms with Crippen LogP contribution in [0.1, 0.15) is 57.2 Å². The molecule has 2 aliphatic rings. The first-order chi connectivity index (χ1) is 10.1. The van der Waals surface area contributed by atoms with Gasteiger partial charge in [-0.05, 0) is 39.7 Å². The highest BCUT2D eigenvalue weighted by Gasteiger charge is 2.32. The Kier molecular flexibility index (Phi) is 3.97. The van der Waals surface area contributed by atoms with Gasteiger partial charge in [-0.2, -0.15) is 5.10 Å². The van der Waals surface area contributed by atoms with Crippen molar-refractivity contribution in [2.24, 2.45) is 5.92 Å². The Morgan fingerprint density at radius 2 is 2.10 bits per heavy atom. The van der Waals surface area contributed by atoms with Crippen LogP contribution >= 0.6 is 0 Å². The second kappa shape index (κ2) is 5.75. The number of aryl methyl sites for hydroxylation is 1. The molecule has 1 aromatic heterocycles. The van der Waals surface area contributed by atoms with Gasteiger partial charge in [0.25, 0.3) is 0 Å². The number of fused-ring (bicyclic) bond motifs is 1. The first-order valence-electron chi connectivity index (χ1n) is 7.98. The van der Waals surface area contributed by atoms with Crippen LogP contribution in [0.5, 0.6) is 0 Å². The summed E-state index contributed by atoms with van der Waals surface area (Å²) in [5.41, 5.74) is 0. The van der Waals surface area contributed by atoms with E-state index in [2.05, 4.69) is 28.8 Å². The van der Waals surface area contributed by atoms with Crippen LogP contribution in [0.3, 0.4) is 0 Å². The summed E-state index contributed by atoms with van der Waals surface area (Å²) in [6.45, 7) is 6.21. The van der Waals surface area contributed by atoms with Crippen LogP contribution in [0.25, 0.3) is 0 Å². The molecule has 3 heterocycles. The SMILES string of the molecule is CC(C)N1CCCCC1c1nc2n(n1)CCC(C(=O)O)C2. The predicted octanol–water partition coefficient (Wildman–Crippen LogP) is 1.86. The molecule has 0 aromatic carbocycles. The van der Waals surface area contributed by atoms with Gasteiger partial charge in [0, 0.05) is 19.0 Å². The number of carboxylic acids is 1.